The van der Waals surface area contributed by atoms with Crippen LogP contribution < -0.4 is 10.1 Å². The number of aromatic nitrogens is 4. The van der Waals surface area contributed by atoms with Gasteiger partial charge < -0.3 is 19.7 Å². The van der Waals surface area contributed by atoms with Crippen molar-refractivity contribution in [2.24, 2.45) is 17.5 Å². The van der Waals surface area contributed by atoms with Gasteiger partial charge in [-0.05, 0) is 0 Å². The highest BCUT2D eigenvalue weighted by Crippen LogP contribution is 2.33. The lowest BCUT2D eigenvalue weighted by molar-refractivity contribution is -0.120. The Balaban J connectivity index is 1.29. The number of anilines is 1. The molecule has 9 nitrogen and oxygen atoms in total. The van der Waals surface area contributed by atoms with Gasteiger partial charge in [0.25, 0.3) is 0 Å². The third-order valence-electron chi connectivity index (χ3n) is 5.09. The summed E-state index contributed by atoms with van der Waals surface area (Å²) in [6, 6.07) is 1.94. The summed E-state index contributed by atoms with van der Waals surface area (Å²) in [6.07, 6.45) is 0. The van der Waals surface area contributed by atoms with Crippen molar-refractivity contribution in [2.75, 3.05) is 45.3 Å². The van der Waals surface area contributed by atoms with E-state index in [1.165, 1.54) is 0 Å². The van der Waals surface area contributed by atoms with E-state index in [-0.39, 0.29) is 5.41 Å². The number of nitrogens with one attached hydrogen (secondary N) is 1. The van der Waals surface area contributed by atoms with Crippen molar-refractivity contribution < 1.29 is 9.47 Å². The smallest absolute Gasteiger partial charge is 0.233 e. The predicted molar refractivity (Wildman–Crippen MR) is 118 cm³/mol. The maximum Gasteiger partial charge on any atom is 0.233 e. The predicted octanol–water partition coefficient (Wildman–Crippen LogP) is 2.80. The zero-order valence-corrected chi connectivity index (χ0v) is 18.7. The number of likely N-dealkylation sites (N-methyl/N-ethyl adjacent to an activating group) is 1. The second kappa shape index (κ2) is 7.64. The van der Waals surface area contributed by atoms with Gasteiger partial charge in [0.05, 0.1) is 26.4 Å². The largest absolute Gasteiger partial charge is 0.476 e. The molecule has 0 radical (unpaired) electrons. The highest BCUT2D eigenvalue weighted by atomic mass is 32.1. The lowest BCUT2D eigenvalue weighted by atomic mass is 9.90. The quantitative estimate of drug-likeness (QED) is 0.624. The minimum atomic E-state index is 0.0846. The van der Waals surface area contributed by atoms with Crippen LogP contribution in [0.25, 0.3) is 22.1 Å². The maximum absolute atomic E-state index is 5.89. The molecule has 3 aromatic heterocycles. The van der Waals surface area contributed by atoms with Crippen molar-refractivity contribution >= 4 is 33.8 Å². The van der Waals surface area contributed by atoms with Crippen LogP contribution in [0.2, 0.25) is 0 Å². The average Bonchev–Trinajstić information content (AvgIpc) is 3.47. The average molecular weight is 446 g/mol. The summed E-state index contributed by atoms with van der Waals surface area (Å²) in [5.41, 5.74) is 2.71. The zero-order chi connectivity index (χ0) is 20.7. The third-order valence-corrected chi connectivity index (χ3v) is 6.72. The second-order valence-corrected chi connectivity index (χ2v) is 9.63. The number of guanidine groups is 1. The Morgan fingerprint density at radius 3 is 2.73 bits per heavy atom. The molecule has 0 aliphatic carbocycles. The zero-order valence-electron chi connectivity index (χ0n) is 17.1. The van der Waals surface area contributed by atoms with Gasteiger partial charge in [0.2, 0.25) is 5.88 Å². The summed E-state index contributed by atoms with van der Waals surface area (Å²) in [6.45, 7) is 5.96. The SMILES string of the molecule is CN1CCN=C1Nc1nc(-c2csc(-c3cc(OCC4(C)COC4)nn3C)n2)cs1. The fourth-order valence-corrected chi connectivity index (χ4v) is 4.77. The van der Waals surface area contributed by atoms with Gasteiger partial charge >= 0.3 is 0 Å². The molecule has 5 rings (SSSR count). The van der Waals surface area contributed by atoms with E-state index in [0.717, 1.165) is 59.5 Å². The van der Waals surface area contributed by atoms with Crippen LogP contribution in [0.3, 0.4) is 0 Å². The van der Waals surface area contributed by atoms with Gasteiger partial charge in [-0.1, -0.05) is 6.92 Å². The normalized spacial score (nSPS) is 17.7. The summed E-state index contributed by atoms with van der Waals surface area (Å²) in [5.74, 6) is 1.47. The van der Waals surface area contributed by atoms with Gasteiger partial charge in [-0.3, -0.25) is 9.67 Å². The van der Waals surface area contributed by atoms with Crippen LogP contribution >= 0.6 is 22.7 Å². The minimum absolute atomic E-state index is 0.0846. The van der Waals surface area contributed by atoms with E-state index in [4.69, 9.17) is 14.5 Å². The Morgan fingerprint density at radius 2 is 2.00 bits per heavy atom. The number of thiazole rings is 2. The number of nitrogens with zero attached hydrogens (tertiary/aromatic N) is 6. The van der Waals surface area contributed by atoms with E-state index in [9.17, 15) is 0 Å². The molecular formula is C19H23N7O2S2. The topological polar surface area (TPSA) is 89.7 Å². The first-order valence-corrected chi connectivity index (χ1v) is 11.4. The third kappa shape index (κ3) is 3.80. The van der Waals surface area contributed by atoms with Crippen molar-refractivity contribution in [1.82, 2.24) is 24.6 Å². The van der Waals surface area contributed by atoms with Gasteiger partial charge in [0, 0.05) is 42.9 Å². The van der Waals surface area contributed by atoms with E-state index < -0.39 is 0 Å². The van der Waals surface area contributed by atoms with Gasteiger partial charge in [-0.15, -0.1) is 27.8 Å². The molecule has 0 bridgehead atoms. The molecule has 2 aliphatic heterocycles. The van der Waals surface area contributed by atoms with Gasteiger partial charge in [-0.25, -0.2) is 9.97 Å². The molecular weight excluding hydrogens is 422 g/mol. The van der Waals surface area contributed by atoms with E-state index in [1.54, 1.807) is 27.4 Å². The highest BCUT2D eigenvalue weighted by Gasteiger charge is 2.34. The molecule has 3 aromatic rings. The van der Waals surface area contributed by atoms with Gasteiger partial charge in [0.15, 0.2) is 11.1 Å². The Hall–Kier alpha value is -2.50. The fraction of sp³-hybridized carbons (Fsp3) is 0.474. The number of hydrogen-bond acceptors (Lipinski definition) is 10. The van der Waals surface area contributed by atoms with Crippen LogP contribution in [0, 0.1) is 5.41 Å². The van der Waals surface area contributed by atoms with E-state index in [0.29, 0.717) is 12.5 Å². The molecule has 1 saturated heterocycles. The van der Waals surface area contributed by atoms with Crippen LogP contribution in [0.1, 0.15) is 6.92 Å². The maximum atomic E-state index is 5.89. The van der Waals surface area contributed by atoms with E-state index >= 15 is 0 Å². The van der Waals surface area contributed by atoms with Crippen LogP contribution in [-0.4, -0.2) is 70.6 Å². The van der Waals surface area contributed by atoms with Crippen molar-refractivity contribution in [1.29, 1.82) is 0 Å². The molecule has 0 unspecified atom stereocenters. The lowest BCUT2D eigenvalue weighted by Gasteiger charge is -2.37. The molecule has 30 heavy (non-hydrogen) atoms. The van der Waals surface area contributed by atoms with Crippen molar-refractivity contribution in [3.8, 4) is 28.0 Å². The Bertz CT molecular complexity index is 1080. The molecule has 158 valence electrons. The molecule has 0 spiro atoms. The number of ether oxygens (including phenoxy) is 2. The molecule has 0 aromatic carbocycles. The summed E-state index contributed by atoms with van der Waals surface area (Å²) in [7, 11) is 3.92. The van der Waals surface area contributed by atoms with E-state index in [1.807, 2.05) is 30.9 Å². The summed E-state index contributed by atoms with van der Waals surface area (Å²) in [4.78, 5) is 16.0. The monoisotopic (exact) mass is 445 g/mol. The molecule has 0 amide bonds. The van der Waals surface area contributed by atoms with Crippen molar-refractivity contribution in [2.45, 2.75) is 6.92 Å². The number of aryl methyl sites for hydroxylation is 1. The summed E-state index contributed by atoms with van der Waals surface area (Å²) < 4.78 is 13.0. The molecule has 1 N–H and O–H groups in total. The first-order chi connectivity index (χ1) is 14.5. The standard InChI is InChI=1S/C19H23N7O2S2/c1-19(9-27-10-19)11-28-15-6-14(26(3)24-15)16-21-12(7-29-16)13-8-30-18(22-13)23-17-20-4-5-25(17)2/h6-8H,4-5,9-11H2,1-3H3,(H,20,22,23). The molecule has 0 saturated carbocycles. The second-order valence-electron chi connectivity index (χ2n) is 7.91. The van der Waals surface area contributed by atoms with Crippen molar-refractivity contribution in [3.05, 3.63) is 16.8 Å². The Morgan fingerprint density at radius 1 is 1.20 bits per heavy atom. The van der Waals surface area contributed by atoms with Crippen molar-refractivity contribution in [3.63, 3.8) is 0 Å². The lowest BCUT2D eigenvalue weighted by Crippen LogP contribution is -2.44. The Labute approximate surface area is 182 Å². The minimum Gasteiger partial charge on any atom is -0.476 e. The van der Waals surface area contributed by atoms with Crippen LogP contribution in [-0.2, 0) is 11.8 Å². The molecule has 11 heteroatoms. The number of rotatable bonds is 6. The first-order valence-electron chi connectivity index (χ1n) is 9.68. The highest BCUT2D eigenvalue weighted by molar-refractivity contribution is 7.14. The first kappa shape index (κ1) is 19.5. The van der Waals surface area contributed by atoms with E-state index in [2.05, 4.69) is 32.2 Å². The molecule has 2 aliphatic rings. The van der Waals surface area contributed by atoms with Crippen LogP contribution in [0.4, 0.5) is 5.13 Å². The van der Waals surface area contributed by atoms with Crippen LogP contribution in [0.15, 0.2) is 21.8 Å². The summed E-state index contributed by atoms with van der Waals surface area (Å²) >= 11 is 3.12. The molecule has 5 heterocycles. The van der Waals surface area contributed by atoms with Gasteiger partial charge in [0.1, 0.15) is 22.1 Å². The Kier molecular flexibility index (Phi) is 4.95. The number of hydrogen-bond donors (Lipinski definition) is 1. The number of aliphatic imine (C=N–C) groups is 1. The molecule has 0 atom stereocenters. The van der Waals surface area contributed by atoms with Crippen LogP contribution in [0.5, 0.6) is 5.88 Å². The van der Waals surface area contributed by atoms with Gasteiger partial charge in [-0.2, -0.15) is 0 Å². The summed E-state index contributed by atoms with van der Waals surface area (Å²) in [5, 5.41) is 13.5. The molecule has 1 fully saturated rings. The fourth-order valence-electron chi connectivity index (χ4n) is 3.21.